The van der Waals surface area contributed by atoms with Crippen LogP contribution < -0.4 is 10.1 Å². The van der Waals surface area contributed by atoms with Gasteiger partial charge in [-0.3, -0.25) is 0 Å². The molecule has 0 saturated carbocycles. The quantitative estimate of drug-likeness (QED) is 0.832. The van der Waals surface area contributed by atoms with Gasteiger partial charge in [0.2, 0.25) is 0 Å². The minimum Gasteiger partial charge on any atom is -0.494 e. The molecule has 1 heterocycles. The number of nitrogens with one attached hydrogen (secondary N) is 1. The molecule has 0 spiro atoms. The van der Waals surface area contributed by atoms with Crippen LogP contribution in [0.25, 0.3) is 0 Å². The molecule has 2 rings (SSSR count). The van der Waals surface area contributed by atoms with Gasteiger partial charge in [-0.25, -0.2) is 0 Å². The largest absolute Gasteiger partial charge is 0.494 e. The molecule has 1 aliphatic heterocycles. The van der Waals surface area contributed by atoms with Gasteiger partial charge in [0.15, 0.2) is 0 Å². The number of ether oxygens (including phenoxy) is 3. The molecular formula is C16H25NO3. The molecule has 112 valence electrons. The third-order valence-electron chi connectivity index (χ3n) is 3.52. The van der Waals surface area contributed by atoms with Crippen molar-refractivity contribution in [1.29, 1.82) is 0 Å². The van der Waals surface area contributed by atoms with Gasteiger partial charge in [0, 0.05) is 19.8 Å². The van der Waals surface area contributed by atoms with Crippen LogP contribution in [-0.4, -0.2) is 39.6 Å². The molecule has 0 bridgehead atoms. The summed E-state index contributed by atoms with van der Waals surface area (Å²) in [6.07, 6.45) is 2.29. The molecule has 1 aliphatic rings. The van der Waals surface area contributed by atoms with Crippen LogP contribution in [0, 0.1) is 0 Å². The Morgan fingerprint density at radius 1 is 1.35 bits per heavy atom. The van der Waals surface area contributed by atoms with Crippen LogP contribution in [0.1, 0.15) is 31.4 Å². The van der Waals surface area contributed by atoms with E-state index in [9.17, 15) is 0 Å². The third kappa shape index (κ3) is 4.47. The molecule has 1 saturated heterocycles. The molecule has 2 atom stereocenters. The van der Waals surface area contributed by atoms with Gasteiger partial charge in [0.05, 0.1) is 25.9 Å². The first-order chi connectivity index (χ1) is 9.83. The molecule has 0 radical (unpaired) electrons. The van der Waals surface area contributed by atoms with Gasteiger partial charge in [0.1, 0.15) is 5.75 Å². The average molecular weight is 279 g/mol. The Morgan fingerprint density at radius 3 is 2.75 bits per heavy atom. The van der Waals surface area contributed by atoms with Crippen LogP contribution >= 0.6 is 0 Å². The Morgan fingerprint density at radius 2 is 2.15 bits per heavy atom. The highest BCUT2D eigenvalue weighted by molar-refractivity contribution is 5.29. The van der Waals surface area contributed by atoms with E-state index in [4.69, 9.17) is 14.2 Å². The Bertz CT molecular complexity index is 374. The van der Waals surface area contributed by atoms with E-state index in [1.54, 1.807) is 7.11 Å². The lowest BCUT2D eigenvalue weighted by molar-refractivity contribution is 0.0593. The number of hydrogen-bond donors (Lipinski definition) is 1. The summed E-state index contributed by atoms with van der Waals surface area (Å²) in [6.45, 7) is 5.02. The van der Waals surface area contributed by atoms with Gasteiger partial charge in [-0.1, -0.05) is 12.1 Å². The van der Waals surface area contributed by atoms with Gasteiger partial charge in [-0.2, -0.15) is 0 Å². The fraction of sp³-hybridized carbons (Fsp3) is 0.625. The molecule has 1 N–H and O–H groups in total. The van der Waals surface area contributed by atoms with E-state index in [0.29, 0.717) is 19.3 Å². The SMILES string of the molecule is CCOc1ccc(C(COC)NC2CCCOC2)cc1. The van der Waals surface area contributed by atoms with Gasteiger partial charge in [-0.15, -0.1) is 0 Å². The highest BCUT2D eigenvalue weighted by Gasteiger charge is 2.19. The van der Waals surface area contributed by atoms with Crippen molar-refractivity contribution in [2.24, 2.45) is 0 Å². The van der Waals surface area contributed by atoms with Crippen molar-refractivity contribution < 1.29 is 14.2 Å². The maximum atomic E-state index is 5.52. The zero-order valence-electron chi connectivity index (χ0n) is 12.4. The summed E-state index contributed by atoms with van der Waals surface area (Å²) in [5.41, 5.74) is 1.22. The van der Waals surface area contributed by atoms with E-state index >= 15 is 0 Å². The molecule has 1 aromatic carbocycles. The maximum Gasteiger partial charge on any atom is 0.119 e. The van der Waals surface area contributed by atoms with E-state index in [0.717, 1.165) is 31.8 Å². The minimum absolute atomic E-state index is 0.197. The van der Waals surface area contributed by atoms with Crippen LogP contribution in [0.15, 0.2) is 24.3 Å². The fourth-order valence-corrected chi connectivity index (χ4v) is 2.53. The summed E-state index contributed by atoms with van der Waals surface area (Å²) in [5, 5.41) is 3.63. The smallest absolute Gasteiger partial charge is 0.119 e. The molecule has 2 unspecified atom stereocenters. The second-order valence-corrected chi connectivity index (χ2v) is 5.09. The first kappa shape index (κ1) is 15.3. The molecular weight excluding hydrogens is 254 g/mol. The van der Waals surface area contributed by atoms with Gasteiger partial charge >= 0.3 is 0 Å². The number of rotatable bonds is 7. The predicted molar refractivity (Wildman–Crippen MR) is 79.2 cm³/mol. The zero-order chi connectivity index (χ0) is 14.2. The van der Waals surface area contributed by atoms with Crippen molar-refractivity contribution in [2.45, 2.75) is 31.8 Å². The summed E-state index contributed by atoms with van der Waals surface area (Å²) in [4.78, 5) is 0. The van der Waals surface area contributed by atoms with Crippen molar-refractivity contribution >= 4 is 0 Å². The van der Waals surface area contributed by atoms with E-state index in [-0.39, 0.29) is 6.04 Å². The van der Waals surface area contributed by atoms with Crippen LogP contribution in [0.2, 0.25) is 0 Å². The summed E-state index contributed by atoms with van der Waals surface area (Å²) in [7, 11) is 1.74. The molecule has 0 aromatic heterocycles. The van der Waals surface area contributed by atoms with Crippen LogP contribution in [0.3, 0.4) is 0 Å². The van der Waals surface area contributed by atoms with Crippen molar-refractivity contribution in [3.8, 4) is 5.75 Å². The van der Waals surface area contributed by atoms with Crippen LogP contribution in [-0.2, 0) is 9.47 Å². The standard InChI is InChI=1S/C16H25NO3/c1-3-20-15-8-6-13(7-9-15)16(12-18-2)17-14-5-4-10-19-11-14/h6-9,14,16-17H,3-5,10-12H2,1-2H3. The summed E-state index contributed by atoms with van der Waals surface area (Å²) in [6, 6.07) is 8.84. The second-order valence-electron chi connectivity index (χ2n) is 5.09. The lowest BCUT2D eigenvalue weighted by Gasteiger charge is -2.28. The van der Waals surface area contributed by atoms with E-state index < -0.39 is 0 Å². The van der Waals surface area contributed by atoms with Crippen LogP contribution in [0.4, 0.5) is 0 Å². The summed E-state index contributed by atoms with van der Waals surface area (Å²) in [5.74, 6) is 0.911. The highest BCUT2D eigenvalue weighted by atomic mass is 16.5. The third-order valence-corrected chi connectivity index (χ3v) is 3.52. The molecule has 0 amide bonds. The molecule has 1 fully saturated rings. The Hall–Kier alpha value is -1.10. The van der Waals surface area contributed by atoms with E-state index in [1.165, 1.54) is 5.56 Å². The normalized spacial score (nSPS) is 20.6. The van der Waals surface area contributed by atoms with Crippen molar-refractivity contribution in [3.05, 3.63) is 29.8 Å². The molecule has 4 nitrogen and oxygen atoms in total. The summed E-state index contributed by atoms with van der Waals surface area (Å²) < 4.78 is 16.3. The monoisotopic (exact) mass is 279 g/mol. The second kappa shape index (κ2) is 8.25. The van der Waals surface area contributed by atoms with Gasteiger partial charge in [0.25, 0.3) is 0 Å². The molecule has 20 heavy (non-hydrogen) atoms. The summed E-state index contributed by atoms with van der Waals surface area (Å²) >= 11 is 0. The van der Waals surface area contributed by atoms with Crippen molar-refractivity contribution in [3.63, 3.8) is 0 Å². The Balaban J connectivity index is 1.98. The minimum atomic E-state index is 0.197. The predicted octanol–water partition coefficient (Wildman–Crippen LogP) is 2.54. The van der Waals surface area contributed by atoms with Crippen molar-refractivity contribution in [1.82, 2.24) is 5.32 Å². The van der Waals surface area contributed by atoms with Gasteiger partial charge < -0.3 is 19.5 Å². The topological polar surface area (TPSA) is 39.7 Å². The molecule has 4 heteroatoms. The van der Waals surface area contributed by atoms with Crippen LogP contribution in [0.5, 0.6) is 5.75 Å². The van der Waals surface area contributed by atoms with E-state index in [2.05, 4.69) is 17.4 Å². The molecule has 1 aromatic rings. The lowest BCUT2D eigenvalue weighted by Crippen LogP contribution is -2.40. The fourth-order valence-electron chi connectivity index (χ4n) is 2.53. The number of methoxy groups -OCH3 is 1. The lowest BCUT2D eigenvalue weighted by atomic mass is 10.0. The zero-order valence-corrected chi connectivity index (χ0v) is 12.4. The Kier molecular flexibility index (Phi) is 6.30. The first-order valence-corrected chi connectivity index (χ1v) is 7.39. The number of benzene rings is 1. The van der Waals surface area contributed by atoms with Gasteiger partial charge in [-0.05, 0) is 37.5 Å². The van der Waals surface area contributed by atoms with E-state index in [1.807, 2.05) is 19.1 Å². The van der Waals surface area contributed by atoms with Crippen molar-refractivity contribution in [2.75, 3.05) is 33.5 Å². The Labute approximate surface area is 121 Å². The number of hydrogen-bond acceptors (Lipinski definition) is 4. The first-order valence-electron chi connectivity index (χ1n) is 7.39. The highest BCUT2D eigenvalue weighted by Crippen LogP contribution is 2.20. The molecule has 0 aliphatic carbocycles. The average Bonchev–Trinajstić information content (AvgIpc) is 2.49. The maximum absolute atomic E-state index is 5.52.